The molecule has 0 saturated carbocycles. The van der Waals surface area contributed by atoms with Crippen LogP contribution in [0, 0.1) is 0 Å². The topological polar surface area (TPSA) is 79.8 Å². The average molecular weight is 385 g/mol. The lowest BCUT2D eigenvalue weighted by atomic mass is 10.1. The monoisotopic (exact) mass is 385 g/mol. The molecule has 1 aromatic heterocycles. The maximum Gasteiger partial charge on any atom is 0.234 e. The van der Waals surface area contributed by atoms with Crippen molar-refractivity contribution < 1.29 is 14.3 Å². The van der Waals surface area contributed by atoms with Crippen LogP contribution in [0.25, 0.3) is 0 Å². The van der Waals surface area contributed by atoms with Crippen LogP contribution >= 0.6 is 0 Å². The predicted molar refractivity (Wildman–Crippen MR) is 107 cm³/mol. The Kier molecular flexibility index (Phi) is 6.65. The SMILES string of the molecule is COc1ccc(OC)c([C@H](C)NC(=O)CN2CCN(c3ncccn3)CC2)c1. The third-order valence-electron chi connectivity index (χ3n) is 4.86. The Hall–Kier alpha value is -2.87. The van der Waals surface area contributed by atoms with E-state index in [0.29, 0.717) is 6.54 Å². The van der Waals surface area contributed by atoms with Gasteiger partial charge in [-0.1, -0.05) is 0 Å². The summed E-state index contributed by atoms with van der Waals surface area (Å²) in [6, 6.07) is 7.20. The third-order valence-corrected chi connectivity index (χ3v) is 4.86. The molecule has 1 fully saturated rings. The zero-order chi connectivity index (χ0) is 19.9. The van der Waals surface area contributed by atoms with E-state index in [4.69, 9.17) is 9.47 Å². The van der Waals surface area contributed by atoms with Gasteiger partial charge in [0.1, 0.15) is 11.5 Å². The molecule has 1 aliphatic heterocycles. The zero-order valence-electron chi connectivity index (χ0n) is 16.6. The van der Waals surface area contributed by atoms with Gasteiger partial charge in [0.15, 0.2) is 0 Å². The van der Waals surface area contributed by atoms with Crippen molar-refractivity contribution in [2.45, 2.75) is 13.0 Å². The standard InChI is InChI=1S/C20H27N5O3/c1-15(17-13-16(27-2)5-6-18(17)28-3)23-19(26)14-24-9-11-25(12-10-24)20-21-7-4-8-22-20/h4-8,13,15H,9-12,14H2,1-3H3,(H,23,26)/t15-/m0/s1. The van der Waals surface area contributed by atoms with Crippen LogP contribution in [-0.4, -0.2) is 67.7 Å². The minimum atomic E-state index is -0.184. The molecule has 1 aromatic carbocycles. The Labute approximate surface area is 165 Å². The molecular weight excluding hydrogens is 358 g/mol. The number of benzene rings is 1. The van der Waals surface area contributed by atoms with Gasteiger partial charge >= 0.3 is 0 Å². The third kappa shape index (κ3) is 4.89. The van der Waals surface area contributed by atoms with Crippen LogP contribution < -0.4 is 19.7 Å². The fraction of sp³-hybridized carbons (Fsp3) is 0.450. The number of hydrogen-bond donors (Lipinski definition) is 1. The van der Waals surface area contributed by atoms with E-state index in [2.05, 4.69) is 25.1 Å². The number of ether oxygens (including phenoxy) is 2. The van der Waals surface area contributed by atoms with E-state index in [1.807, 2.05) is 31.2 Å². The summed E-state index contributed by atoms with van der Waals surface area (Å²) in [6.07, 6.45) is 3.49. The van der Waals surface area contributed by atoms with Crippen molar-refractivity contribution in [2.24, 2.45) is 0 Å². The number of hydrogen-bond acceptors (Lipinski definition) is 7. The Morgan fingerprint density at radius 2 is 1.86 bits per heavy atom. The van der Waals surface area contributed by atoms with Crippen molar-refractivity contribution in [1.29, 1.82) is 0 Å². The molecule has 1 amide bonds. The molecule has 1 N–H and O–H groups in total. The normalized spacial score (nSPS) is 15.8. The molecule has 2 aromatic rings. The summed E-state index contributed by atoms with van der Waals surface area (Å²) in [6.45, 7) is 5.50. The second kappa shape index (κ2) is 9.36. The van der Waals surface area contributed by atoms with E-state index in [-0.39, 0.29) is 11.9 Å². The van der Waals surface area contributed by atoms with E-state index in [0.717, 1.165) is 49.2 Å². The first-order valence-electron chi connectivity index (χ1n) is 9.36. The van der Waals surface area contributed by atoms with Crippen LogP contribution in [0.15, 0.2) is 36.7 Å². The lowest BCUT2D eigenvalue weighted by Gasteiger charge is -2.34. The predicted octanol–water partition coefficient (Wildman–Crippen LogP) is 1.49. The lowest BCUT2D eigenvalue weighted by molar-refractivity contribution is -0.123. The average Bonchev–Trinajstić information content (AvgIpc) is 2.74. The van der Waals surface area contributed by atoms with Gasteiger partial charge in [-0.15, -0.1) is 0 Å². The molecule has 2 heterocycles. The smallest absolute Gasteiger partial charge is 0.234 e. The van der Waals surface area contributed by atoms with Crippen molar-refractivity contribution in [3.05, 3.63) is 42.2 Å². The van der Waals surface area contributed by atoms with Crippen molar-refractivity contribution in [3.63, 3.8) is 0 Å². The minimum absolute atomic E-state index is 0.0122. The first-order chi connectivity index (χ1) is 13.6. The minimum Gasteiger partial charge on any atom is -0.497 e. The van der Waals surface area contributed by atoms with Crippen molar-refractivity contribution in [2.75, 3.05) is 51.8 Å². The highest BCUT2D eigenvalue weighted by molar-refractivity contribution is 5.78. The van der Waals surface area contributed by atoms with E-state index in [1.54, 1.807) is 26.6 Å². The molecule has 1 atom stereocenters. The summed E-state index contributed by atoms with van der Waals surface area (Å²) in [5.74, 6) is 2.19. The first kappa shape index (κ1) is 19.9. The summed E-state index contributed by atoms with van der Waals surface area (Å²) in [4.78, 5) is 25.4. The molecule has 3 rings (SSSR count). The molecule has 8 heteroatoms. The van der Waals surface area contributed by atoms with Gasteiger partial charge in [-0.2, -0.15) is 0 Å². The number of nitrogens with one attached hydrogen (secondary N) is 1. The highest BCUT2D eigenvalue weighted by Gasteiger charge is 2.22. The zero-order valence-corrected chi connectivity index (χ0v) is 16.6. The number of amides is 1. The van der Waals surface area contributed by atoms with Crippen LogP contribution in [0.5, 0.6) is 11.5 Å². The Morgan fingerprint density at radius 3 is 2.50 bits per heavy atom. The number of methoxy groups -OCH3 is 2. The van der Waals surface area contributed by atoms with Crippen LogP contribution in [0.2, 0.25) is 0 Å². The maximum atomic E-state index is 12.5. The van der Waals surface area contributed by atoms with Gasteiger partial charge in [0.2, 0.25) is 11.9 Å². The number of piperazine rings is 1. The molecule has 0 unspecified atom stereocenters. The van der Waals surface area contributed by atoms with E-state index in [9.17, 15) is 4.79 Å². The van der Waals surface area contributed by atoms with Gasteiger partial charge in [-0.25, -0.2) is 9.97 Å². The largest absolute Gasteiger partial charge is 0.497 e. The van der Waals surface area contributed by atoms with Crippen LogP contribution in [-0.2, 0) is 4.79 Å². The molecule has 150 valence electrons. The number of nitrogens with zero attached hydrogens (tertiary/aromatic N) is 4. The molecule has 0 aliphatic carbocycles. The van der Waals surface area contributed by atoms with E-state index >= 15 is 0 Å². The Balaban J connectivity index is 1.52. The van der Waals surface area contributed by atoms with Gasteiger partial charge in [0.25, 0.3) is 0 Å². The van der Waals surface area contributed by atoms with Crippen molar-refractivity contribution in [3.8, 4) is 11.5 Å². The van der Waals surface area contributed by atoms with E-state index < -0.39 is 0 Å². The number of carbonyl (C=O) groups is 1. The molecule has 1 aliphatic rings. The molecule has 0 radical (unpaired) electrons. The summed E-state index contributed by atoms with van der Waals surface area (Å²) in [5.41, 5.74) is 0.890. The molecular formula is C20H27N5O3. The molecule has 0 bridgehead atoms. The van der Waals surface area contributed by atoms with E-state index in [1.165, 1.54) is 0 Å². The van der Waals surface area contributed by atoms with Gasteiger partial charge < -0.3 is 19.7 Å². The first-order valence-corrected chi connectivity index (χ1v) is 9.36. The molecule has 1 saturated heterocycles. The van der Waals surface area contributed by atoms with Crippen LogP contribution in [0.3, 0.4) is 0 Å². The fourth-order valence-corrected chi connectivity index (χ4v) is 3.31. The summed E-state index contributed by atoms with van der Waals surface area (Å²) in [7, 11) is 3.24. The summed E-state index contributed by atoms with van der Waals surface area (Å²) < 4.78 is 10.7. The highest BCUT2D eigenvalue weighted by Crippen LogP contribution is 2.29. The van der Waals surface area contributed by atoms with Crippen LogP contribution in [0.4, 0.5) is 5.95 Å². The number of rotatable bonds is 7. The molecule has 28 heavy (non-hydrogen) atoms. The summed E-state index contributed by atoms with van der Waals surface area (Å²) >= 11 is 0. The lowest BCUT2D eigenvalue weighted by Crippen LogP contribution is -2.50. The number of carbonyl (C=O) groups excluding carboxylic acids is 1. The molecule has 0 spiro atoms. The fourth-order valence-electron chi connectivity index (χ4n) is 3.31. The summed E-state index contributed by atoms with van der Waals surface area (Å²) in [5, 5.41) is 3.06. The maximum absolute atomic E-state index is 12.5. The Bertz CT molecular complexity index is 779. The second-order valence-electron chi connectivity index (χ2n) is 6.71. The highest BCUT2D eigenvalue weighted by atomic mass is 16.5. The second-order valence-corrected chi connectivity index (χ2v) is 6.71. The quantitative estimate of drug-likeness (QED) is 0.773. The van der Waals surface area contributed by atoms with Gasteiger partial charge in [0, 0.05) is 44.1 Å². The number of aromatic nitrogens is 2. The van der Waals surface area contributed by atoms with Crippen molar-refractivity contribution >= 4 is 11.9 Å². The molecule has 8 nitrogen and oxygen atoms in total. The number of anilines is 1. The Morgan fingerprint density at radius 1 is 1.14 bits per heavy atom. The van der Waals surface area contributed by atoms with Crippen molar-refractivity contribution in [1.82, 2.24) is 20.2 Å². The van der Waals surface area contributed by atoms with Crippen LogP contribution in [0.1, 0.15) is 18.5 Å². The van der Waals surface area contributed by atoms with Gasteiger partial charge in [0.05, 0.1) is 26.8 Å². The van der Waals surface area contributed by atoms with Gasteiger partial charge in [-0.05, 0) is 31.2 Å². The van der Waals surface area contributed by atoms with Gasteiger partial charge in [-0.3, -0.25) is 9.69 Å².